The van der Waals surface area contributed by atoms with Crippen LogP contribution in [0.3, 0.4) is 0 Å². The predicted octanol–water partition coefficient (Wildman–Crippen LogP) is 0.938. The molecule has 1 aromatic carbocycles. The summed E-state index contributed by atoms with van der Waals surface area (Å²) in [5, 5.41) is 2.59. The van der Waals surface area contributed by atoms with E-state index in [1.807, 2.05) is 31.9 Å². The maximum Gasteiger partial charge on any atom is 0.195 e. The van der Waals surface area contributed by atoms with Crippen LogP contribution in [0.15, 0.2) is 23.1 Å². The molecule has 2 rings (SSSR count). The number of hydrogen-bond donors (Lipinski definition) is 1. The summed E-state index contributed by atoms with van der Waals surface area (Å²) in [6, 6.07) is 5.34. The maximum absolute atomic E-state index is 12.5. The lowest BCUT2D eigenvalue weighted by atomic mass is 10.1. The molecule has 0 radical (unpaired) electrons. The standard InChI is InChI=1S/C13H20N2O2S/c1-10-4-5-12(8-11(10)2)18(16,17)13-9-15(3)7-6-14-13/h4-5,8,13-14H,6-7,9H2,1-3H3. The van der Waals surface area contributed by atoms with E-state index in [1.165, 1.54) is 0 Å². The number of rotatable bonds is 2. The second kappa shape index (κ2) is 4.99. The van der Waals surface area contributed by atoms with E-state index in [2.05, 4.69) is 5.32 Å². The number of nitrogens with zero attached hydrogens (tertiary/aromatic N) is 1. The second-order valence-corrected chi connectivity index (χ2v) is 7.13. The Kier molecular flexibility index (Phi) is 3.75. The Morgan fingerprint density at radius 2 is 2.00 bits per heavy atom. The molecule has 18 heavy (non-hydrogen) atoms. The Balaban J connectivity index is 2.32. The van der Waals surface area contributed by atoms with Crippen molar-refractivity contribution in [2.24, 2.45) is 0 Å². The van der Waals surface area contributed by atoms with Gasteiger partial charge in [0.25, 0.3) is 0 Å². The van der Waals surface area contributed by atoms with E-state index in [0.29, 0.717) is 18.0 Å². The first-order valence-electron chi connectivity index (χ1n) is 6.14. The minimum absolute atomic E-state index is 0.415. The van der Waals surface area contributed by atoms with Crippen molar-refractivity contribution in [3.05, 3.63) is 29.3 Å². The second-order valence-electron chi connectivity index (χ2n) is 5.00. The van der Waals surface area contributed by atoms with E-state index in [-0.39, 0.29) is 0 Å². The van der Waals surface area contributed by atoms with E-state index in [4.69, 9.17) is 0 Å². The molecule has 5 heteroatoms. The first-order valence-corrected chi connectivity index (χ1v) is 7.69. The Labute approximate surface area is 109 Å². The topological polar surface area (TPSA) is 49.4 Å². The Morgan fingerprint density at radius 3 is 2.61 bits per heavy atom. The van der Waals surface area contributed by atoms with Crippen molar-refractivity contribution in [3.63, 3.8) is 0 Å². The van der Waals surface area contributed by atoms with Crippen molar-refractivity contribution in [1.82, 2.24) is 10.2 Å². The highest BCUT2D eigenvalue weighted by molar-refractivity contribution is 7.92. The zero-order valence-electron chi connectivity index (χ0n) is 11.1. The maximum atomic E-state index is 12.5. The number of likely N-dealkylation sites (N-methyl/N-ethyl adjacent to an activating group) is 1. The largest absolute Gasteiger partial charge is 0.302 e. The fourth-order valence-electron chi connectivity index (χ4n) is 2.12. The highest BCUT2D eigenvalue weighted by atomic mass is 32.2. The first kappa shape index (κ1) is 13.5. The lowest BCUT2D eigenvalue weighted by molar-refractivity contribution is 0.272. The zero-order valence-corrected chi connectivity index (χ0v) is 11.9. The van der Waals surface area contributed by atoms with E-state index in [1.54, 1.807) is 12.1 Å². The summed E-state index contributed by atoms with van der Waals surface area (Å²) in [7, 11) is -1.34. The quantitative estimate of drug-likeness (QED) is 0.867. The van der Waals surface area contributed by atoms with Gasteiger partial charge in [0.1, 0.15) is 5.37 Å². The van der Waals surface area contributed by atoms with Gasteiger partial charge in [-0.25, -0.2) is 8.42 Å². The molecule has 1 saturated heterocycles. The fourth-order valence-corrected chi connectivity index (χ4v) is 3.83. The average molecular weight is 268 g/mol. The smallest absolute Gasteiger partial charge is 0.195 e. The van der Waals surface area contributed by atoms with Crippen LogP contribution in [0, 0.1) is 13.8 Å². The predicted molar refractivity (Wildman–Crippen MR) is 72.4 cm³/mol. The lowest BCUT2D eigenvalue weighted by Crippen LogP contribution is -2.52. The van der Waals surface area contributed by atoms with Crippen LogP contribution in [0.2, 0.25) is 0 Å². The minimum Gasteiger partial charge on any atom is -0.302 e. The Bertz CT molecular complexity index is 540. The average Bonchev–Trinajstić information content (AvgIpc) is 2.32. The summed E-state index contributed by atoms with van der Waals surface area (Å²) in [5.41, 5.74) is 2.13. The SMILES string of the molecule is Cc1ccc(S(=O)(=O)C2CN(C)CCN2)cc1C. The van der Waals surface area contributed by atoms with Crippen molar-refractivity contribution >= 4 is 9.84 Å². The number of benzene rings is 1. The molecule has 1 unspecified atom stereocenters. The van der Waals surface area contributed by atoms with Crippen LogP contribution >= 0.6 is 0 Å². The monoisotopic (exact) mass is 268 g/mol. The van der Waals surface area contributed by atoms with Crippen molar-refractivity contribution in [3.8, 4) is 0 Å². The third-order valence-corrected chi connectivity index (χ3v) is 5.50. The van der Waals surface area contributed by atoms with Crippen LogP contribution in [0.1, 0.15) is 11.1 Å². The van der Waals surface area contributed by atoms with E-state index < -0.39 is 15.2 Å². The van der Waals surface area contributed by atoms with Gasteiger partial charge in [0.05, 0.1) is 4.90 Å². The van der Waals surface area contributed by atoms with Crippen LogP contribution in [0.25, 0.3) is 0 Å². The first-order chi connectivity index (χ1) is 8.41. The molecule has 0 saturated carbocycles. The van der Waals surface area contributed by atoms with Crippen molar-refractivity contribution < 1.29 is 8.42 Å². The van der Waals surface area contributed by atoms with Gasteiger partial charge in [-0.1, -0.05) is 6.07 Å². The van der Waals surface area contributed by atoms with Gasteiger partial charge in [-0.2, -0.15) is 0 Å². The van der Waals surface area contributed by atoms with Crippen LogP contribution in [-0.4, -0.2) is 45.4 Å². The van der Waals surface area contributed by atoms with Crippen LogP contribution in [0.4, 0.5) is 0 Å². The molecule has 0 aliphatic carbocycles. The Hall–Kier alpha value is -0.910. The molecule has 1 aromatic rings. The number of nitrogens with one attached hydrogen (secondary N) is 1. The van der Waals surface area contributed by atoms with E-state index in [9.17, 15) is 8.42 Å². The minimum atomic E-state index is -3.29. The van der Waals surface area contributed by atoms with Gasteiger partial charge in [-0.3, -0.25) is 5.32 Å². The van der Waals surface area contributed by atoms with Gasteiger partial charge in [0, 0.05) is 19.6 Å². The normalized spacial score (nSPS) is 22.1. The summed E-state index contributed by atoms with van der Waals surface area (Å²) in [5.74, 6) is 0. The van der Waals surface area contributed by atoms with Gasteiger partial charge in [-0.15, -0.1) is 0 Å². The molecule has 1 fully saturated rings. The number of piperazine rings is 1. The molecule has 1 aliphatic rings. The lowest BCUT2D eigenvalue weighted by Gasteiger charge is -2.30. The van der Waals surface area contributed by atoms with Crippen LogP contribution < -0.4 is 5.32 Å². The summed E-state index contributed by atoms with van der Waals surface area (Å²) in [6.45, 7) is 6.06. The van der Waals surface area contributed by atoms with Gasteiger partial charge < -0.3 is 4.90 Å². The van der Waals surface area contributed by atoms with Crippen molar-refractivity contribution in [2.45, 2.75) is 24.1 Å². The van der Waals surface area contributed by atoms with E-state index in [0.717, 1.165) is 17.7 Å². The molecule has 0 aromatic heterocycles. The molecule has 1 aliphatic heterocycles. The van der Waals surface area contributed by atoms with Crippen molar-refractivity contribution in [1.29, 1.82) is 0 Å². The van der Waals surface area contributed by atoms with Gasteiger partial charge >= 0.3 is 0 Å². The summed E-state index contributed by atoms with van der Waals surface area (Å²) >= 11 is 0. The van der Waals surface area contributed by atoms with Crippen LogP contribution in [-0.2, 0) is 9.84 Å². The number of aryl methyl sites for hydroxylation is 2. The van der Waals surface area contributed by atoms with Gasteiger partial charge in [-0.05, 0) is 44.2 Å². The fraction of sp³-hybridized carbons (Fsp3) is 0.538. The highest BCUT2D eigenvalue weighted by Crippen LogP contribution is 2.19. The number of hydrogen-bond acceptors (Lipinski definition) is 4. The van der Waals surface area contributed by atoms with Gasteiger partial charge in [0.2, 0.25) is 0 Å². The van der Waals surface area contributed by atoms with Crippen LogP contribution in [0.5, 0.6) is 0 Å². The molecule has 4 nitrogen and oxygen atoms in total. The molecule has 100 valence electrons. The molecule has 0 amide bonds. The highest BCUT2D eigenvalue weighted by Gasteiger charge is 2.30. The molecule has 1 atom stereocenters. The Morgan fingerprint density at radius 1 is 1.28 bits per heavy atom. The molecule has 0 spiro atoms. The summed E-state index contributed by atoms with van der Waals surface area (Å²) in [4.78, 5) is 2.46. The third kappa shape index (κ3) is 2.58. The van der Waals surface area contributed by atoms with Gasteiger partial charge in [0.15, 0.2) is 9.84 Å². The molecule has 1 N–H and O–H groups in total. The summed E-state index contributed by atoms with van der Waals surface area (Å²) in [6.07, 6.45) is 0. The molecule has 1 heterocycles. The molecule has 0 bridgehead atoms. The van der Waals surface area contributed by atoms with E-state index >= 15 is 0 Å². The van der Waals surface area contributed by atoms with Crippen molar-refractivity contribution in [2.75, 3.05) is 26.7 Å². The zero-order chi connectivity index (χ0) is 13.3. The number of sulfone groups is 1. The molecular formula is C13H20N2O2S. The molecular weight excluding hydrogens is 248 g/mol. The third-order valence-electron chi connectivity index (χ3n) is 3.52. The summed E-state index contributed by atoms with van der Waals surface area (Å²) < 4.78 is 25.0.